The molecule has 1 fully saturated rings. The molecule has 3 aromatic rings. The van der Waals surface area contributed by atoms with Crippen molar-refractivity contribution in [2.75, 3.05) is 13.1 Å². The predicted molar refractivity (Wildman–Crippen MR) is 124 cm³/mol. The van der Waals surface area contributed by atoms with Crippen molar-refractivity contribution in [3.63, 3.8) is 0 Å². The first-order valence-electron chi connectivity index (χ1n) is 10.9. The minimum absolute atomic E-state index is 0.0162. The number of aromatic nitrogens is 2. The van der Waals surface area contributed by atoms with Gasteiger partial charge in [-0.1, -0.05) is 29.4 Å². The van der Waals surface area contributed by atoms with Gasteiger partial charge in [0.2, 0.25) is 15.9 Å². The number of hydrogen-bond acceptors (Lipinski definition) is 6. The fourth-order valence-corrected chi connectivity index (χ4v) is 5.68. The Labute approximate surface area is 197 Å². The van der Waals surface area contributed by atoms with Gasteiger partial charge in [0.05, 0.1) is 18.2 Å². The topological polar surface area (TPSA) is 105 Å². The first-order chi connectivity index (χ1) is 16.4. The van der Waals surface area contributed by atoms with Gasteiger partial charge in [0.15, 0.2) is 10.7 Å². The van der Waals surface area contributed by atoms with Crippen LogP contribution in [-0.4, -0.2) is 41.9 Å². The number of nitrogens with one attached hydrogen (secondary N) is 1. The highest BCUT2D eigenvalue weighted by molar-refractivity contribution is 7.89. The van der Waals surface area contributed by atoms with E-state index in [4.69, 9.17) is 4.52 Å². The Morgan fingerprint density at radius 3 is 2.79 bits per heavy atom. The Kier molecular flexibility index (Phi) is 7.18. The third-order valence-electron chi connectivity index (χ3n) is 5.68. The van der Waals surface area contributed by atoms with Crippen LogP contribution in [-0.2, 0) is 21.4 Å². The number of hydrogen-bond donors (Lipinski definition) is 1. The van der Waals surface area contributed by atoms with E-state index in [1.807, 2.05) is 12.1 Å². The highest BCUT2D eigenvalue weighted by Gasteiger charge is 2.36. The van der Waals surface area contributed by atoms with Crippen LogP contribution in [0.15, 0.2) is 58.1 Å². The molecule has 0 radical (unpaired) electrons. The van der Waals surface area contributed by atoms with Crippen LogP contribution in [0.2, 0.25) is 0 Å². The fraction of sp³-hybridized carbons (Fsp3) is 0.292. The molecule has 0 aliphatic carbocycles. The molecule has 0 bridgehead atoms. The van der Waals surface area contributed by atoms with Crippen LogP contribution < -0.4 is 5.32 Å². The zero-order valence-electron chi connectivity index (χ0n) is 18.6. The fourth-order valence-electron chi connectivity index (χ4n) is 3.90. The lowest BCUT2D eigenvalue weighted by Gasteiger charge is -2.31. The number of carbonyl (C=O) groups is 1. The average molecular weight is 485 g/mol. The van der Waals surface area contributed by atoms with Gasteiger partial charge in [0, 0.05) is 24.8 Å². The SMILES string of the molecule is Cc1noc(/C=C/c2ccccc2F)c1S(=O)(=O)N1CCCC(C(=O)NCc2ccccn2)C1. The van der Waals surface area contributed by atoms with Crippen molar-refractivity contribution in [3.8, 4) is 0 Å². The van der Waals surface area contributed by atoms with Crippen molar-refractivity contribution in [1.82, 2.24) is 19.8 Å². The molecule has 2 aromatic heterocycles. The molecular formula is C24H25FN4O4S. The summed E-state index contributed by atoms with van der Waals surface area (Å²) in [6.07, 6.45) is 5.62. The predicted octanol–water partition coefficient (Wildman–Crippen LogP) is 3.40. The summed E-state index contributed by atoms with van der Waals surface area (Å²) in [6.45, 7) is 2.15. The Balaban J connectivity index is 1.50. The van der Waals surface area contributed by atoms with Gasteiger partial charge in [-0.3, -0.25) is 9.78 Å². The zero-order valence-corrected chi connectivity index (χ0v) is 19.5. The number of nitrogens with zero attached hydrogens (tertiary/aromatic N) is 3. The first kappa shape index (κ1) is 23.8. The summed E-state index contributed by atoms with van der Waals surface area (Å²) in [5, 5.41) is 6.66. The van der Waals surface area contributed by atoms with Crippen LogP contribution in [0, 0.1) is 18.7 Å². The van der Waals surface area contributed by atoms with Crippen LogP contribution in [0.5, 0.6) is 0 Å². The van der Waals surface area contributed by atoms with Crippen molar-refractivity contribution in [1.29, 1.82) is 0 Å². The smallest absolute Gasteiger partial charge is 0.248 e. The summed E-state index contributed by atoms with van der Waals surface area (Å²) >= 11 is 0. The molecule has 3 heterocycles. The number of benzene rings is 1. The quantitative estimate of drug-likeness (QED) is 0.551. The van der Waals surface area contributed by atoms with E-state index in [2.05, 4.69) is 15.5 Å². The molecule has 178 valence electrons. The Morgan fingerprint density at radius 1 is 1.24 bits per heavy atom. The first-order valence-corrected chi connectivity index (χ1v) is 12.4. The van der Waals surface area contributed by atoms with Gasteiger partial charge < -0.3 is 9.84 Å². The number of amides is 1. The number of pyridine rings is 1. The van der Waals surface area contributed by atoms with Crippen molar-refractivity contribution in [3.05, 3.63) is 77.2 Å². The zero-order chi connectivity index (χ0) is 24.1. The van der Waals surface area contributed by atoms with Crippen LogP contribution >= 0.6 is 0 Å². The summed E-state index contributed by atoms with van der Waals surface area (Å²) in [7, 11) is -3.99. The second kappa shape index (κ2) is 10.3. The van der Waals surface area contributed by atoms with E-state index in [-0.39, 0.29) is 41.9 Å². The molecule has 1 aliphatic rings. The van der Waals surface area contributed by atoms with E-state index >= 15 is 0 Å². The number of aryl methyl sites for hydroxylation is 1. The third kappa shape index (κ3) is 5.23. The highest BCUT2D eigenvalue weighted by Crippen LogP contribution is 2.29. The van der Waals surface area contributed by atoms with E-state index in [0.29, 0.717) is 18.4 Å². The van der Waals surface area contributed by atoms with Gasteiger partial charge in [0.1, 0.15) is 11.5 Å². The Hall–Kier alpha value is -3.37. The molecule has 1 N–H and O–H groups in total. The molecule has 34 heavy (non-hydrogen) atoms. The molecule has 1 unspecified atom stereocenters. The van der Waals surface area contributed by atoms with Gasteiger partial charge in [-0.05, 0) is 50.1 Å². The maximum Gasteiger partial charge on any atom is 0.248 e. The monoisotopic (exact) mass is 484 g/mol. The molecule has 8 nitrogen and oxygen atoms in total. The van der Waals surface area contributed by atoms with Gasteiger partial charge in [-0.15, -0.1) is 0 Å². The number of rotatable bonds is 7. The summed E-state index contributed by atoms with van der Waals surface area (Å²) in [6, 6.07) is 11.6. The van der Waals surface area contributed by atoms with Gasteiger partial charge in [-0.2, -0.15) is 4.31 Å². The number of halogens is 1. The highest BCUT2D eigenvalue weighted by atomic mass is 32.2. The van der Waals surface area contributed by atoms with Crippen molar-refractivity contribution < 1.29 is 22.1 Å². The standard InChI is InChI=1S/C24H25FN4O4S/c1-17-23(22(33-28-17)12-11-18-7-2-3-10-21(18)25)34(31,32)29-14-6-8-19(16-29)24(30)27-15-20-9-4-5-13-26-20/h2-5,7,9-13,19H,6,8,14-16H2,1H3,(H,27,30)/b12-11+. The second-order valence-corrected chi connectivity index (χ2v) is 9.93. The number of sulfonamides is 1. The summed E-state index contributed by atoms with van der Waals surface area (Å²) in [5.41, 5.74) is 1.22. The van der Waals surface area contributed by atoms with E-state index in [1.165, 1.54) is 29.4 Å². The van der Waals surface area contributed by atoms with E-state index < -0.39 is 21.8 Å². The summed E-state index contributed by atoms with van der Waals surface area (Å²) in [5.74, 6) is -1.12. The van der Waals surface area contributed by atoms with Crippen LogP contribution in [0.25, 0.3) is 12.2 Å². The van der Waals surface area contributed by atoms with Gasteiger partial charge in [0.25, 0.3) is 0 Å². The number of piperidine rings is 1. The molecule has 4 rings (SSSR count). The molecular weight excluding hydrogens is 459 g/mol. The van der Waals surface area contributed by atoms with Crippen LogP contribution in [0.4, 0.5) is 4.39 Å². The molecule has 10 heteroatoms. The maximum atomic E-state index is 13.9. The third-order valence-corrected chi connectivity index (χ3v) is 7.70. The Morgan fingerprint density at radius 2 is 2.03 bits per heavy atom. The number of carbonyl (C=O) groups excluding carboxylic acids is 1. The van der Waals surface area contributed by atoms with E-state index in [1.54, 1.807) is 30.5 Å². The molecule has 1 saturated heterocycles. The van der Waals surface area contributed by atoms with Crippen molar-refractivity contribution in [2.24, 2.45) is 5.92 Å². The molecule has 1 aromatic carbocycles. The molecule has 1 atom stereocenters. The molecule has 1 amide bonds. The normalized spacial score (nSPS) is 17.2. The minimum Gasteiger partial charge on any atom is -0.355 e. The summed E-state index contributed by atoms with van der Waals surface area (Å²) < 4.78 is 47.5. The van der Waals surface area contributed by atoms with Crippen molar-refractivity contribution >= 4 is 28.1 Å². The van der Waals surface area contributed by atoms with Crippen LogP contribution in [0.1, 0.15) is 35.6 Å². The lowest BCUT2D eigenvalue weighted by atomic mass is 9.99. The van der Waals surface area contributed by atoms with E-state index in [0.717, 1.165) is 5.69 Å². The summed E-state index contributed by atoms with van der Waals surface area (Å²) in [4.78, 5) is 16.8. The lowest BCUT2D eigenvalue weighted by Crippen LogP contribution is -2.45. The average Bonchev–Trinajstić information content (AvgIpc) is 3.23. The van der Waals surface area contributed by atoms with Crippen LogP contribution in [0.3, 0.4) is 0 Å². The Bertz CT molecular complexity index is 1290. The largest absolute Gasteiger partial charge is 0.355 e. The van der Waals surface area contributed by atoms with Gasteiger partial charge >= 0.3 is 0 Å². The lowest BCUT2D eigenvalue weighted by molar-refractivity contribution is -0.126. The molecule has 1 aliphatic heterocycles. The van der Waals surface area contributed by atoms with E-state index in [9.17, 15) is 17.6 Å². The second-order valence-electron chi connectivity index (χ2n) is 8.06. The molecule has 0 saturated carbocycles. The molecule has 0 spiro atoms. The maximum absolute atomic E-state index is 13.9. The van der Waals surface area contributed by atoms with Gasteiger partial charge in [-0.25, -0.2) is 12.8 Å². The van der Waals surface area contributed by atoms with Crippen molar-refractivity contribution in [2.45, 2.75) is 31.2 Å². The minimum atomic E-state index is -3.99.